The Morgan fingerprint density at radius 3 is 2.79 bits per heavy atom. The number of nitrogens with one attached hydrogen (secondary N) is 2. The maximum absolute atomic E-state index is 12.4. The van der Waals surface area contributed by atoms with Crippen LogP contribution in [0.1, 0.15) is 35.9 Å². The molecule has 1 aliphatic rings. The molecule has 0 aliphatic carbocycles. The van der Waals surface area contributed by atoms with Crippen LogP contribution in [0.25, 0.3) is 0 Å². The Balaban J connectivity index is 1.73. The van der Waals surface area contributed by atoms with Gasteiger partial charge in [-0.25, -0.2) is 0 Å². The molecule has 0 spiro atoms. The van der Waals surface area contributed by atoms with E-state index in [9.17, 15) is 9.90 Å². The molecule has 3 N–H and O–H groups in total. The summed E-state index contributed by atoms with van der Waals surface area (Å²) < 4.78 is 0. The zero-order valence-electron chi connectivity index (χ0n) is 14.0. The van der Waals surface area contributed by atoms with Gasteiger partial charge in [0, 0.05) is 25.4 Å². The third kappa shape index (κ3) is 3.59. The van der Waals surface area contributed by atoms with Crippen molar-refractivity contribution < 1.29 is 9.90 Å². The summed E-state index contributed by atoms with van der Waals surface area (Å²) in [6.07, 6.45) is 2.76. The number of aliphatic hydroxyl groups is 1. The van der Waals surface area contributed by atoms with Gasteiger partial charge in [0.15, 0.2) is 5.69 Å². The van der Waals surface area contributed by atoms with E-state index in [1.54, 1.807) is 6.07 Å². The summed E-state index contributed by atoms with van der Waals surface area (Å²) in [5.74, 6) is 0.183. The first-order valence-electron chi connectivity index (χ1n) is 8.51. The molecule has 2 aromatic rings. The molecule has 1 amide bonds. The van der Waals surface area contributed by atoms with Crippen LogP contribution >= 0.6 is 0 Å². The summed E-state index contributed by atoms with van der Waals surface area (Å²) in [7, 11) is 0. The third-order valence-electron chi connectivity index (χ3n) is 4.61. The van der Waals surface area contributed by atoms with Crippen molar-refractivity contribution in [1.29, 1.82) is 0 Å². The van der Waals surface area contributed by atoms with Crippen molar-refractivity contribution in [3.8, 4) is 0 Å². The number of benzene rings is 1. The van der Waals surface area contributed by atoms with Crippen LogP contribution in [0.15, 0.2) is 30.3 Å². The van der Waals surface area contributed by atoms with Crippen molar-refractivity contribution in [2.45, 2.75) is 26.2 Å². The monoisotopic (exact) mass is 328 g/mol. The SMILES string of the molecule is CCc1cc(C(=O)Nc2ccccc2N2CCC(CO)CC2)n[nH]1. The number of hydrogen-bond acceptors (Lipinski definition) is 4. The van der Waals surface area contributed by atoms with E-state index in [4.69, 9.17) is 0 Å². The molecule has 6 heteroatoms. The molecule has 0 saturated carbocycles. The number of anilines is 2. The lowest BCUT2D eigenvalue weighted by atomic mass is 9.97. The Bertz CT molecular complexity index is 690. The molecule has 0 unspecified atom stereocenters. The number of piperidine rings is 1. The quantitative estimate of drug-likeness (QED) is 0.787. The molecule has 1 aliphatic heterocycles. The van der Waals surface area contributed by atoms with E-state index in [-0.39, 0.29) is 12.5 Å². The van der Waals surface area contributed by atoms with Crippen molar-refractivity contribution in [3.05, 3.63) is 41.7 Å². The number of nitrogens with zero attached hydrogens (tertiary/aromatic N) is 2. The highest BCUT2D eigenvalue weighted by Gasteiger charge is 2.21. The lowest BCUT2D eigenvalue weighted by Crippen LogP contribution is -2.35. The molecule has 24 heavy (non-hydrogen) atoms. The predicted molar refractivity (Wildman–Crippen MR) is 94.4 cm³/mol. The molecule has 2 heterocycles. The Kier molecular flexibility index (Phi) is 5.15. The van der Waals surface area contributed by atoms with E-state index >= 15 is 0 Å². The fourth-order valence-corrected chi connectivity index (χ4v) is 3.06. The Morgan fingerprint density at radius 1 is 1.38 bits per heavy atom. The van der Waals surface area contributed by atoms with Crippen molar-refractivity contribution in [1.82, 2.24) is 10.2 Å². The Labute approximate surface area is 141 Å². The van der Waals surface area contributed by atoms with Crippen LogP contribution in [0.2, 0.25) is 0 Å². The summed E-state index contributed by atoms with van der Waals surface area (Å²) in [5.41, 5.74) is 3.17. The number of carbonyl (C=O) groups is 1. The smallest absolute Gasteiger partial charge is 0.276 e. The summed E-state index contributed by atoms with van der Waals surface area (Å²) in [6, 6.07) is 9.62. The average Bonchev–Trinajstić information content (AvgIpc) is 3.12. The Hall–Kier alpha value is -2.34. The zero-order valence-corrected chi connectivity index (χ0v) is 14.0. The van der Waals surface area contributed by atoms with Crippen LogP contribution in [-0.4, -0.2) is 40.9 Å². The van der Waals surface area contributed by atoms with Crippen LogP contribution in [0.5, 0.6) is 0 Å². The first-order valence-corrected chi connectivity index (χ1v) is 8.51. The maximum atomic E-state index is 12.4. The third-order valence-corrected chi connectivity index (χ3v) is 4.61. The van der Waals surface area contributed by atoms with Gasteiger partial charge in [-0.1, -0.05) is 19.1 Å². The highest BCUT2D eigenvalue weighted by Crippen LogP contribution is 2.30. The van der Waals surface area contributed by atoms with Crippen molar-refractivity contribution in [3.63, 3.8) is 0 Å². The lowest BCUT2D eigenvalue weighted by Gasteiger charge is -2.34. The molecule has 1 fully saturated rings. The number of aryl methyl sites for hydroxylation is 1. The van der Waals surface area contributed by atoms with Crippen LogP contribution in [0.3, 0.4) is 0 Å². The molecule has 1 saturated heterocycles. The highest BCUT2D eigenvalue weighted by atomic mass is 16.3. The summed E-state index contributed by atoms with van der Waals surface area (Å²) in [6.45, 7) is 4.05. The molecule has 3 rings (SSSR count). The number of carbonyl (C=O) groups excluding carboxylic acids is 1. The van der Waals surface area contributed by atoms with Gasteiger partial charge in [-0.3, -0.25) is 9.89 Å². The zero-order chi connectivity index (χ0) is 16.9. The lowest BCUT2D eigenvalue weighted by molar-refractivity contribution is 0.102. The standard InChI is InChI=1S/C18H24N4O2/c1-2-14-11-16(21-20-14)18(24)19-15-5-3-4-6-17(15)22-9-7-13(12-23)8-10-22/h3-6,11,13,23H,2,7-10,12H2,1H3,(H,19,24)(H,20,21). The molecular formula is C18H24N4O2. The van der Waals surface area contributed by atoms with Gasteiger partial charge in [0.2, 0.25) is 0 Å². The number of aromatic amines is 1. The number of para-hydroxylation sites is 2. The van der Waals surface area contributed by atoms with Crippen molar-refractivity contribution in [2.24, 2.45) is 5.92 Å². The molecule has 6 nitrogen and oxygen atoms in total. The molecular weight excluding hydrogens is 304 g/mol. The van der Waals surface area contributed by atoms with Gasteiger partial charge < -0.3 is 15.3 Å². The second kappa shape index (κ2) is 7.49. The van der Waals surface area contributed by atoms with E-state index in [0.29, 0.717) is 11.6 Å². The molecule has 0 atom stereocenters. The van der Waals surface area contributed by atoms with Crippen molar-refractivity contribution in [2.75, 3.05) is 29.9 Å². The van der Waals surface area contributed by atoms with Crippen LogP contribution in [-0.2, 0) is 6.42 Å². The van der Waals surface area contributed by atoms with E-state index in [1.807, 2.05) is 31.2 Å². The summed E-state index contributed by atoms with van der Waals surface area (Å²) in [5, 5.41) is 19.2. The van der Waals surface area contributed by atoms with E-state index < -0.39 is 0 Å². The largest absolute Gasteiger partial charge is 0.396 e. The van der Waals surface area contributed by atoms with Gasteiger partial charge in [0.1, 0.15) is 0 Å². The predicted octanol–water partition coefficient (Wildman–Crippen LogP) is 2.43. The van der Waals surface area contributed by atoms with Gasteiger partial charge in [-0.2, -0.15) is 5.10 Å². The average molecular weight is 328 g/mol. The van der Waals surface area contributed by atoms with E-state index in [0.717, 1.165) is 49.4 Å². The summed E-state index contributed by atoms with van der Waals surface area (Å²) >= 11 is 0. The number of hydrogen-bond donors (Lipinski definition) is 3. The summed E-state index contributed by atoms with van der Waals surface area (Å²) in [4.78, 5) is 14.7. The Morgan fingerprint density at radius 2 is 2.12 bits per heavy atom. The highest BCUT2D eigenvalue weighted by molar-refractivity contribution is 6.04. The van der Waals surface area contributed by atoms with Gasteiger partial charge in [-0.15, -0.1) is 0 Å². The fourth-order valence-electron chi connectivity index (χ4n) is 3.06. The van der Waals surface area contributed by atoms with Gasteiger partial charge in [0.05, 0.1) is 11.4 Å². The molecule has 1 aromatic heterocycles. The minimum atomic E-state index is -0.205. The van der Waals surface area contributed by atoms with Gasteiger partial charge in [0.25, 0.3) is 5.91 Å². The number of amides is 1. The second-order valence-corrected chi connectivity index (χ2v) is 6.22. The maximum Gasteiger partial charge on any atom is 0.276 e. The second-order valence-electron chi connectivity index (χ2n) is 6.22. The minimum absolute atomic E-state index is 0.205. The molecule has 0 bridgehead atoms. The van der Waals surface area contributed by atoms with Crippen LogP contribution < -0.4 is 10.2 Å². The van der Waals surface area contributed by atoms with Gasteiger partial charge >= 0.3 is 0 Å². The molecule has 0 radical (unpaired) electrons. The number of aliphatic hydroxyl groups excluding tert-OH is 1. The first-order chi connectivity index (χ1) is 11.7. The number of aromatic nitrogens is 2. The van der Waals surface area contributed by atoms with E-state index in [1.165, 1.54) is 0 Å². The number of H-pyrrole nitrogens is 1. The van der Waals surface area contributed by atoms with Crippen LogP contribution in [0, 0.1) is 5.92 Å². The van der Waals surface area contributed by atoms with Crippen LogP contribution in [0.4, 0.5) is 11.4 Å². The first kappa shape index (κ1) is 16.5. The fraction of sp³-hybridized carbons (Fsp3) is 0.444. The normalized spacial score (nSPS) is 15.5. The number of rotatable bonds is 5. The van der Waals surface area contributed by atoms with Crippen molar-refractivity contribution >= 4 is 17.3 Å². The molecule has 128 valence electrons. The van der Waals surface area contributed by atoms with E-state index in [2.05, 4.69) is 20.4 Å². The van der Waals surface area contributed by atoms with Gasteiger partial charge in [-0.05, 0) is 43.4 Å². The topological polar surface area (TPSA) is 81.2 Å². The minimum Gasteiger partial charge on any atom is -0.396 e. The molecule has 1 aromatic carbocycles.